The van der Waals surface area contributed by atoms with Crippen molar-refractivity contribution in [2.24, 2.45) is 0 Å². The van der Waals surface area contributed by atoms with Crippen LogP contribution in [0.5, 0.6) is 0 Å². The molecule has 106 valence electrons. The first-order valence-electron chi connectivity index (χ1n) is 7.26. The molecule has 2 aromatic rings. The van der Waals surface area contributed by atoms with Crippen molar-refractivity contribution in [1.29, 1.82) is 0 Å². The highest BCUT2D eigenvalue weighted by Gasteiger charge is 2.28. The molecule has 2 heterocycles. The van der Waals surface area contributed by atoms with E-state index in [1.165, 1.54) is 6.42 Å². The Labute approximate surface area is 119 Å². The van der Waals surface area contributed by atoms with E-state index in [-0.39, 0.29) is 11.7 Å². The zero-order valence-corrected chi connectivity index (χ0v) is 11.7. The summed E-state index contributed by atoms with van der Waals surface area (Å²) < 4.78 is 19.3. The minimum absolute atomic E-state index is 0.125. The van der Waals surface area contributed by atoms with Crippen molar-refractivity contribution in [2.45, 2.75) is 38.1 Å². The van der Waals surface area contributed by atoms with Crippen LogP contribution in [0.3, 0.4) is 0 Å². The van der Waals surface area contributed by atoms with Gasteiger partial charge in [-0.15, -0.1) is 0 Å². The molecule has 1 aromatic heterocycles. The van der Waals surface area contributed by atoms with Crippen molar-refractivity contribution in [3.05, 3.63) is 59.3 Å². The molecular formula is C17H20FNO. The molecule has 0 saturated carbocycles. The van der Waals surface area contributed by atoms with E-state index < -0.39 is 0 Å². The summed E-state index contributed by atoms with van der Waals surface area (Å²) in [6, 6.07) is 9.89. The lowest BCUT2D eigenvalue weighted by molar-refractivity contribution is 0.394. The van der Waals surface area contributed by atoms with Crippen molar-refractivity contribution in [1.82, 2.24) is 5.32 Å². The van der Waals surface area contributed by atoms with Crippen LogP contribution < -0.4 is 5.32 Å². The van der Waals surface area contributed by atoms with Gasteiger partial charge in [0.15, 0.2) is 0 Å². The summed E-state index contributed by atoms with van der Waals surface area (Å²) >= 11 is 0. The number of hydrogen-bond donors (Lipinski definition) is 1. The minimum atomic E-state index is -0.125. The summed E-state index contributed by atoms with van der Waals surface area (Å²) in [4.78, 5) is 0. The molecule has 2 nitrogen and oxygen atoms in total. The quantitative estimate of drug-likeness (QED) is 0.916. The summed E-state index contributed by atoms with van der Waals surface area (Å²) in [5, 5.41) is 3.54. The number of benzene rings is 1. The Hall–Kier alpha value is -1.61. The zero-order chi connectivity index (χ0) is 13.9. The van der Waals surface area contributed by atoms with Crippen LogP contribution in [0.4, 0.5) is 4.39 Å². The van der Waals surface area contributed by atoms with Crippen LogP contribution in [0.1, 0.15) is 35.6 Å². The Morgan fingerprint density at radius 2 is 2.30 bits per heavy atom. The SMILES string of the molecule is Cc1ccc(CC(c2ccco2)C2CCCN2)cc1F. The standard InChI is InChI=1S/C17H20FNO/c1-12-6-7-13(11-15(12)18)10-14(16-4-2-8-19-16)17-5-3-9-20-17/h3,5-7,9,11,14,16,19H,2,4,8,10H2,1H3. The second kappa shape index (κ2) is 5.80. The molecule has 2 unspecified atom stereocenters. The van der Waals surface area contributed by atoms with Gasteiger partial charge < -0.3 is 9.73 Å². The maximum atomic E-state index is 13.7. The molecule has 1 saturated heterocycles. The van der Waals surface area contributed by atoms with Crippen molar-refractivity contribution in [3.63, 3.8) is 0 Å². The van der Waals surface area contributed by atoms with E-state index >= 15 is 0 Å². The number of halogens is 1. The van der Waals surface area contributed by atoms with Gasteiger partial charge >= 0.3 is 0 Å². The third kappa shape index (κ3) is 2.78. The highest BCUT2D eigenvalue weighted by atomic mass is 19.1. The molecule has 3 heteroatoms. The summed E-state index contributed by atoms with van der Waals surface area (Å²) in [7, 11) is 0. The Bertz CT molecular complexity index is 558. The highest BCUT2D eigenvalue weighted by molar-refractivity contribution is 5.26. The smallest absolute Gasteiger partial charge is 0.126 e. The lowest BCUT2D eigenvalue weighted by atomic mass is 9.89. The molecule has 0 aliphatic carbocycles. The van der Waals surface area contributed by atoms with Crippen molar-refractivity contribution < 1.29 is 8.81 Å². The predicted molar refractivity (Wildman–Crippen MR) is 77.3 cm³/mol. The first kappa shape index (κ1) is 13.4. The van der Waals surface area contributed by atoms with Gasteiger partial charge in [-0.05, 0) is 62.1 Å². The summed E-state index contributed by atoms with van der Waals surface area (Å²) in [6.07, 6.45) is 4.87. The molecule has 20 heavy (non-hydrogen) atoms. The summed E-state index contributed by atoms with van der Waals surface area (Å²) in [5.41, 5.74) is 1.73. The second-order valence-electron chi connectivity index (χ2n) is 5.61. The molecule has 1 aliphatic heterocycles. The lowest BCUT2D eigenvalue weighted by Gasteiger charge is -2.22. The van der Waals surface area contributed by atoms with Gasteiger partial charge in [-0.2, -0.15) is 0 Å². The van der Waals surface area contributed by atoms with Crippen LogP contribution in [0, 0.1) is 12.7 Å². The van der Waals surface area contributed by atoms with Gasteiger partial charge in [0.2, 0.25) is 0 Å². The van der Waals surface area contributed by atoms with Crippen LogP contribution >= 0.6 is 0 Å². The average molecular weight is 273 g/mol. The van der Waals surface area contributed by atoms with Gasteiger partial charge in [-0.25, -0.2) is 4.39 Å². The van der Waals surface area contributed by atoms with Crippen LogP contribution in [-0.2, 0) is 6.42 Å². The van der Waals surface area contributed by atoms with E-state index in [9.17, 15) is 4.39 Å². The Kier molecular flexibility index (Phi) is 3.88. The van der Waals surface area contributed by atoms with E-state index in [4.69, 9.17) is 4.42 Å². The monoisotopic (exact) mass is 273 g/mol. The molecule has 0 radical (unpaired) electrons. The van der Waals surface area contributed by atoms with Crippen molar-refractivity contribution in [3.8, 4) is 0 Å². The van der Waals surface area contributed by atoms with E-state index in [1.54, 1.807) is 19.3 Å². The maximum Gasteiger partial charge on any atom is 0.126 e. The lowest BCUT2D eigenvalue weighted by Crippen LogP contribution is -2.30. The Balaban J connectivity index is 1.84. The number of aryl methyl sites for hydroxylation is 1. The van der Waals surface area contributed by atoms with Gasteiger partial charge in [-0.1, -0.05) is 12.1 Å². The summed E-state index contributed by atoms with van der Waals surface area (Å²) in [5.74, 6) is 1.14. The maximum absolute atomic E-state index is 13.7. The third-order valence-corrected chi connectivity index (χ3v) is 4.18. The number of furan rings is 1. The van der Waals surface area contributed by atoms with E-state index in [2.05, 4.69) is 5.32 Å². The first-order chi connectivity index (χ1) is 9.74. The van der Waals surface area contributed by atoms with Crippen LogP contribution in [-0.4, -0.2) is 12.6 Å². The van der Waals surface area contributed by atoms with Gasteiger partial charge in [0, 0.05) is 12.0 Å². The van der Waals surface area contributed by atoms with Gasteiger partial charge in [-0.3, -0.25) is 0 Å². The molecule has 1 N–H and O–H groups in total. The zero-order valence-electron chi connectivity index (χ0n) is 11.7. The van der Waals surface area contributed by atoms with E-state index in [0.717, 1.165) is 30.7 Å². The fourth-order valence-corrected chi connectivity index (χ4v) is 3.02. The largest absolute Gasteiger partial charge is 0.469 e. The molecule has 1 fully saturated rings. The highest BCUT2D eigenvalue weighted by Crippen LogP contribution is 2.29. The second-order valence-corrected chi connectivity index (χ2v) is 5.61. The third-order valence-electron chi connectivity index (χ3n) is 4.18. The average Bonchev–Trinajstić information content (AvgIpc) is 3.12. The minimum Gasteiger partial charge on any atom is -0.469 e. The molecule has 2 atom stereocenters. The molecule has 1 aliphatic rings. The van der Waals surface area contributed by atoms with E-state index in [1.807, 2.05) is 24.3 Å². The van der Waals surface area contributed by atoms with Crippen molar-refractivity contribution in [2.75, 3.05) is 6.54 Å². The van der Waals surface area contributed by atoms with Gasteiger partial charge in [0.1, 0.15) is 11.6 Å². The van der Waals surface area contributed by atoms with Gasteiger partial charge in [0.25, 0.3) is 0 Å². The molecule has 3 rings (SSSR count). The first-order valence-corrected chi connectivity index (χ1v) is 7.26. The van der Waals surface area contributed by atoms with Crippen LogP contribution in [0.2, 0.25) is 0 Å². The normalized spacial score (nSPS) is 20.2. The molecule has 0 bridgehead atoms. The molecule has 1 aromatic carbocycles. The van der Waals surface area contributed by atoms with Crippen LogP contribution in [0.25, 0.3) is 0 Å². The van der Waals surface area contributed by atoms with E-state index in [0.29, 0.717) is 11.6 Å². The number of rotatable bonds is 4. The van der Waals surface area contributed by atoms with Crippen LogP contribution in [0.15, 0.2) is 41.0 Å². The van der Waals surface area contributed by atoms with Crippen molar-refractivity contribution >= 4 is 0 Å². The predicted octanol–water partition coefficient (Wildman–Crippen LogP) is 3.81. The van der Waals surface area contributed by atoms with Gasteiger partial charge in [0.05, 0.1) is 6.26 Å². The molecular weight excluding hydrogens is 253 g/mol. The fourth-order valence-electron chi connectivity index (χ4n) is 3.02. The topological polar surface area (TPSA) is 25.2 Å². The summed E-state index contributed by atoms with van der Waals surface area (Å²) in [6.45, 7) is 2.85. The molecule has 0 spiro atoms. The number of nitrogens with one attached hydrogen (secondary N) is 1. The Morgan fingerprint density at radius 3 is 2.95 bits per heavy atom. The fraction of sp³-hybridized carbons (Fsp3) is 0.412. The number of hydrogen-bond acceptors (Lipinski definition) is 2. The molecule has 0 amide bonds. The Morgan fingerprint density at radius 1 is 1.40 bits per heavy atom.